The van der Waals surface area contributed by atoms with Gasteiger partial charge in [0.15, 0.2) is 0 Å². The van der Waals surface area contributed by atoms with Gasteiger partial charge in [0.05, 0.1) is 0 Å². The fourth-order valence-corrected chi connectivity index (χ4v) is 1.46. The number of likely N-dealkylation sites (N-methyl/N-ethyl adjacent to an activating group) is 1. The van der Waals surface area contributed by atoms with Crippen LogP contribution in [0.4, 0.5) is 0 Å². The Morgan fingerprint density at radius 2 is 1.73 bits per heavy atom. The van der Waals surface area contributed by atoms with Gasteiger partial charge in [-0.15, -0.1) is 0 Å². The number of rotatable bonds is 2. The van der Waals surface area contributed by atoms with Gasteiger partial charge in [0.2, 0.25) is 0 Å². The van der Waals surface area contributed by atoms with Crippen LogP contribution in [-0.2, 0) is 33.7 Å². The zero-order valence-corrected chi connectivity index (χ0v) is 10.7. The minimum Gasteiger partial charge on any atom is -0.791 e. The molecule has 0 spiro atoms. The minimum absolute atomic E-state index is 0. The van der Waals surface area contributed by atoms with Crippen molar-refractivity contribution in [1.29, 1.82) is 0 Å². The second-order valence-electron chi connectivity index (χ2n) is 2.85. The molecule has 0 aromatic carbocycles. The first-order valence-corrected chi connectivity index (χ1v) is 4.39. The van der Waals surface area contributed by atoms with Gasteiger partial charge >= 0.3 is 0 Å². The van der Waals surface area contributed by atoms with Gasteiger partial charge in [-0.3, -0.25) is 0 Å². The normalized spacial score (nSPS) is 21.3. The predicted molar refractivity (Wildman–Crippen MR) is 46.2 cm³/mol. The van der Waals surface area contributed by atoms with Gasteiger partial charge in [0.25, 0.3) is 0 Å². The van der Waals surface area contributed by atoms with Crippen molar-refractivity contribution in [1.82, 2.24) is 9.80 Å². The molecule has 66 valence electrons. The average molecular weight is 343 g/mol. The summed E-state index contributed by atoms with van der Waals surface area (Å²) in [4.78, 5) is 4.80. The second-order valence-corrected chi connectivity index (χ2v) is 3.26. The molecule has 2 nitrogen and oxygen atoms in total. The van der Waals surface area contributed by atoms with Gasteiger partial charge in [-0.25, -0.2) is 0 Å². The largest absolute Gasteiger partial charge is 0.791 e. The Kier molecular flexibility index (Phi) is 7.04. The van der Waals surface area contributed by atoms with Crippen LogP contribution in [0.3, 0.4) is 0 Å². The Balaban J connectivity index is 0.000001000. The summed E-state index contributed by atoms with van der Waals surface area (Å²) in [6.45, 7) is 5.91. The molecule has 0 aromatic rings. The quantitative estimate of drug-likeness (QED) is 0.641. The van der Waals surface area contributed by atoms with Crippen LogP contribution in [0.2, 0.25) is 0 Å². The van der Waals surface area contributed by atoms with Crippen molar-refractivity contribution in [3.05, 3.63) is 0 Å². The Morgan fingerprint density at radius 1 is 1.18 bits per heavy atom. The molecule has 0 amide bonds. The minimum atomic E-state index is 0. The summed E-state index contributed by atoms with van der Waals surface area (Å²) in [6, 6.07) is 0. The van der Waals surface area contributed by atoms with E-state index < -0.39 is 0 Å². The van der Waals surface area contributed by atoms with Crippen LogP contribution in [0.15, 0.2) is 0 Å². The van der Waals surface area contributed by atoms with Gasteiger partial charge in [-0.05, 0) is 13.6 Å². The molecule has 0 bridgehead atoms. The molecule has 0 atom stereocenters. The van der Waals surface area contributed by atoms with E-state index in [1.165, 1.54) is 26.2 Å². The van der Waals surface area contributed by atoms with Crippen molar-refractivity contribution in [3.63, 3.8) is 0 Å². The molecule has 11 heavy (non-hydrogen) atoms. The van der Waals surface area contributed by atoms with Crippen molar-refractivity contribution in [2.45, 2.75) is 0 Å². The van der Waals surface area contributed by atoms with Crippen LogP contribution in [0.5, 0.6) is 0 Å². The standard InChI is InChI=1S/C7H16N2S.W/c1-8-2-4-9(5-3-8)6-7-10;/h10H,2-7H2,1H3;/p-1. The van der Waals surface area contributed by atoms with Gasteiger partial charge in [-0.2, -0.15) is 5.75 Å². The Morgan fingerprint density at radius 3 is 2.18 bits per heavy atom. The molecule has 0 N–H and O–H groups in total. The number of nitrogens with zero attached hydrogens (tertiary/aromatic N) is 2. The van der Waals surface area contributed by atoms with Crippen LogP contribution in [0.25, 0.3) is 0 Å². The zero-order valence-electron chi connectivity index (χ0n) is 6.95. The smallest absolute Gasteiger partial charge is 0.0109 e. The fraction of sp³-hybridized carbons (Fsp3) is 1.00. The van der Waals surface area contributed by atoms with Crippen molar-refractivity contribution < 1.29 is 21.1 Å². The Labute approximate surface area is 89.0 Å². The first-order chi connectivity index (χ1) is 4.83. The van der Waals surface area contributed by atoms with Gasteiger partial charge in [0, 0.05) is 47.2 Å². The molecular weight excluding hydrogens is 328 g/mol. The van der Waals surface area contributed by atoms with Gasteiger partial charge in [-0.1, -0.05) is 0 Å². The molecule has 1 rings (SSSR count). The first-order valence-electron chi connectivity index (χ1n) is 3.82. The topological polar surface area (TPSA) is 6.48 Å². The van der Waals surface area contributed by atoms with Crippen molar-refractivity contribution in [2.24, 2.45) is 0 Å². The summed E-state index contributed by atoms with van der Waals surface area (Å²) in [7, 11) is 2.17. The van der Waals surface area contributed by atoms with Crippen LogP contribution in [-0.4, -0.2) is 55.3 Å². The molecule has 1 saturated heterocycles. The van der Waals surface area contributed by atoms with Crippen molar-refractivity contribution >= 4 is 12.6 Å². The Hall–Kier alpha value is 0.958. The van der Waals surface area contributed by atoms with Crippen molar-refractivity contribution in [3.8, 4) is 0 Å². The van der Waals surface area contributed by atoms with Gasteiger partial charge in [0.1, 0.15) is 0 Å². The molecule has 1 aliphatic heterocycles. The molecule has 0 aliphatic carbocycles. The van der Waals surface area contributed by atoms with E-state index >= 15 is 0 Å². The molecule has 1 aliphatic rings. The van der Waals surface area contributed by atoms with E-state index in [0.29, 0.717) is 0 Å². The monoisotopic (exact) mass is 343 g/mol. The van der Waals surface area contributed by atoms with Crippen LogP contribution in [0.1, 0.15) is 0 Å². The molecule has 4 heteroatoms. The first kappa shape index (κ1) is 12.0. The summed E-state index contributed by atoms with van der Waals surface area (Å²) >= 11 is 4.91. The molecule has 0 saturated carbocycles. The van der Waals surface area contributed by atoms with E-state index in [-0.39, 0.29) is 21.1 Å². The van der Waals surface area contributed by atoms with E-state index in [1.54, 1.807) is 0 Å². The summed E-state index contributed by atoms with van der Waals surface area (Å²) < 4.78 is 0. The van der Waals surface area contributed by atoms with E-state index in [0.717, 1.165) is 12.3 Å². The number of hydrogen-bond donors (Lipinski definition) is 0. The molecule has 0 unspecified atom stereocenters. The van der Waals surface area contributed by atoms with E-state index in [4.69, 9.17) is 12.6 Å². The number of piperazine rings is 1. The third-order valence-corrected chi connectivity index (χ3v) is 2.19. The van der Waals surface area contributed by atoms with Crippen molar-refractivity contribution in [2.75, 3.05) is 45.5 Å². The molecule has 1 fully saturated rings. The molecule has 1 heterocycles. The predicted octanol–water partition coefficient (Wildman–Crippen LogP) is -0.222. The van der Waals surface area contributed by atoms with Gasteiger partial charge < -0.3 is 22.4 Å². The zero-order chi connectivity index (χ0) is 7.40. The van der Waals surface area contributed by atoms with Crippen LogP contribution < -0.4 is 0 Å². The maximum atomic E-state index is 4.91. The van der Waals surface area contributed by atoms with E-state index in [1.807, 2.05) is 0 Å². The average Bonchev–Trinajstić information content (AvgIpc) is 1.95. The maximum absolute atomic E-state index is 4.91. The van der Waals surface area contributed by atoms with E-state index in [2.05, 4.69) is 16.8 Å². The maximum Gasteiger partial charge on any atom is 0.0109 e. The third-order valence-electron chi connectivity index (χ3n) is 2.00. The summed E-state index contributed by atoms with van der Waals surface area (Å²) in [5.74, 6) is 0.879. The molecule has 0 aromatic heterocycles. The van der Waals surface area contributed by atoms with E-state index in [9.17, 15) is 0 Å². The summed E-state index contributed by atoms with van der Waals surface area (Å²) in [5.41, 5.74) is 0. The number of hydrogen-bond acceptors (Lipinski definition) is 3. The van der Waals surface area contributed by atoms with Crippen LogP contribution in [0, 0.1) is 0 Å². The summed E-state index contributed by atoms with van der Waals surface area (Å²) in [6.07, 6.45) is 0. The second kappa shape index (κ2) is 6.47. The van der Waals surface area contributed by atoms with Crippen LogP contribution >= 0.6 is 0 Å². The SMILES string of the molecule is CN1CCN(CC[S-])CC1.[W]. The molecular formula is C7H15N2SW-. The summed E-state index contributed by atoms with van der Waals surface area (Å²) in [5, 5.41) is 0. The molecule has 0 radical (unpaired) electrons. The Bertz CT molecular complexity index is 94.4. The third kappa shape index (κ3) is 4.51. The fourth-order valence-electron chi connectivity index (χ4n) is 1.20.